The first-order chi connectivity index (χ1) is 9.15. The summed E-state index contributed by atoms with van der Waals surface area (Å²) in [4.78, 5) is 0. The fourth-order valence-corrected chi connectivity index (χ4v) is 2.37. The number of hydrogen-bond acceptors (Lipinski definition) is 3. The molecule has 0 saturated heterocycles. The molecule has 0 bridgehead atoms. The quantitative estimate of drug-likeness (QED) is 0.701. The van der Waals surface area contributed by atoms with E-state index in [1.165, 1.54) is 0 Å². The van der Waals surface area contributed by atoms with Gasteiger partial charge in [0.05, 0.1) is 24.9 Å². The number of hydrogen-bond donors (Lipinski definition) is 1. The molecule has 0 amide bonds. The molecule has 1 unspecified atom stereocenters. The minimum atomic E-state index is -0.445. The van der Waals surface area contributed by atoms with E-state index in [0.717, 1.165) is 55.8 Å². The fourth-order valence-electron chi connectivity index (χ4n) is 2.37. The van der Waals surface area contributed by atoms with Gasteiger partial charge in [0.2, 0.25) is 0 Å². The van der Waals surface area contributed by atoms with E-state index in [1.54, 1.807) is 0 Å². The molecule has 1 aromatic heterocycles. The van der Waals surface area contributed by atoms with Crippen molar-refractivity contribution in [3.63, 3.8) is 0 Å². The number of ether oxygens (including phenoxy) is 1. The van der Waals surface area contributed by atoms with Crippen molar-refractivity contribution in [2.45, 2.75) is 66.0 Å². The van der Waals surface area contributed by atoms with Gasteiger partial charge < -0.3 is 9.84 Å². The first-order valence-electron chi connectivity index (χ1n) is 7.49. The number of aromatic nitrogens is 2. The van der Waals surface area contributed by atoms with Crippen LogP contribution in [-0.2, 0) is 24.1 Å². The van der Waals surface area contributed by atoms with Crippen LogP contribution in [0.2, 0.25) is 0 Å². The molecule has 1 aromatic rings. The van der Waals surface area contributed by atoms with Crippen LogP contribution in [0.15, 0.2) is 0 Å². The highest BCUT2D eigenvalue weighted by Crippen LogP contribution is 2.23. The number of unbranched alkanes of at least 4 members (excludes halogenated alkanes) is 1. The van der Waals surface area contributed by atoms with Crippen LogP contribution in [0, 0.1) is 0 Å². The lowest BCUT2D eigenvalue weighted by atomic mass is 10.0. The molecule has 0 aromatic carbocycles. The van der Waals surface area contributed by atoms with Gasteiger partial charge >= 0.3 is 0 Å². The Kier molecular flexibility index (Phi) is 7.10. The van der Waals surface area contributed by atoms with Crippen LogP contribution in [-0.4, -0.2) is 28.1 Å². The predicted molar refractivity (Wildman–Crippen MR) is 77.3 cm³/mol. The van der Waals surface area contributed by atoms with Crippen LogP contribution in [0.5, 0.6) is 0 Å². The number of aliphatic hydroxyl groups excluding tert-OH is 1. The Morgan fingerprint density at radius 1 is 1.21 bits per heavy atom. The van der Waals surface area contributed by atoms with E-state index in [1.807, 2.05) is 11.6 Å². The standard InChI is InChI=1S/C15H28N2O2/c1-5-8-10-19-11-9-17-14(7-3)15(12(4)18)13(6-2)16-17/h12,18H,5-11H2,1-4H3. The summed E-state index contributed by atoms with van der Waals surface area (Å²) in [7, 11) is 0. The van der Waals surface area contributed by atoms with Gasteiger partial charge in [0.1, 0.15) is 0 Å². The van der Waals surface area contributed by atoms with Gasteiger partial charge in [0.15, 0.2) is 0 Å². The van der Waals surface area contributed by atoms with E-state index in [2.05, 4.69) is 25.9 Å². The third-order valence-corrected chi connectivity index (χ3v) is 3.35. The van der Waals surface area contributed by atoms with Crippen LogP contribution >= 0.6 is 0 Å². The van der Waals surface area contributed by atoms with Crippen molar-refractivity contribution in [1.82, 2.24) is 9.78 Å². The molecule has 0 fully saturated rings. The van der Waals surface area contributed by atoms with Gasteiger partial charge in [-0.15, -0.1) is 0 Å². The first-order valence-corrected chi connectivity index (χ1v) is 7.49. The Balaban J connectivity index is 2.72. The van der Waals surface area contributed by atoms with Crippen molar-refractivity contribution in [3.8, 4) is 0 Å². The molecule has 110 valence electrons. The van der Waals surface area contributed by atoms with E-state index < -0.39 is 6.10 Å². The molecule has 0 spiro atoms. The third-order valence-electron chi connectivity index (χ3n) is 3.35. The van der Waals surface area contributed by atoms with E-state index in [9.17, 15) is 5.11 Å². The average molecular weight is 268 g/mol. The maximum absolute atomic E-state index is 9.92. The Labute approximate surface area is 116 Å². The molecule has 0 aliphatic carbocycles. The molecular weight excluding hydrogens is 240 g/mol. The molecule has 1 atom stereocenters. The normalized spacial score (nSPS) is 12.9. The van der Waals surface area contributed by atoms with Crippen molar-refractivity contribution < 1.29 is 9.84 Å². The second-order valence-corrected chi connectivity index (χ2v) is 4.88. The minimum Gasteiger partial charge on any atom is -0.389 e. The van der Waals surface area contributed by atoms with Gasteiger partial charge in [-0.1, -0.05) is 27.2 Å². The lowest BCUT2D eigenvalue weighted by Crippen LogP contribution is -2.11. The van der Waals surface area contributed by atoms with E-state index in [0.29, 0.717) is 6.61 Å². The smallest absolute Gasteiger partial charge is 0.0798 e. The van der Waals surface area contributed by atoms with Gasteiger partial charge in [-0.05, 0) is 26.2 Å². The summed E-state index contributed by atoms with van der Waals surface area (Å²) in [6.07, 6.45) is 3.58. The van der Waals surface area contributed by atoms with Crippen molar-refractivity contribution in [1.29, 1.82) is 0 Å². The zero-order valence-electron chi connectivity index (χ0n) is 12.8. The number of aryl methyl sites for hydroxylation is 1. The van der Waals surface area contributed by atoms with Gasteiger partial charge in [-0.3, -0.25) is 4.68 Å². The summed E-state index contributed by atoms with van der Waals surface area (Å²) in [5.41, 5.74) is 3.17. The van der Waals surface area contributed by atoms with Crippen LogP contribution in [0.4, 0.5) is 0 Å². The first kappa shape index (κ1) is 16.2. The van der Waals surface area contributed by atoms with Crippen molar-refractivity contribution in [2.75, 3.05) is 13.2 Å². The molecule has 1 N–H and O–H groups in total. The summed E-state index contributed by atoms with van der Waals surface area (Å²) in [6.45, 7) is 10.4. The van der Waals surface area contributed by atoms with Gasteiger partial charge in [0.25, 0.3) is 0 Å². The van der Waals surface area contributed by atoms with E-state index in [-0.39, 0.29) is 0 Å². The largest absolute Gasteiger partial charge is 0.389 e. The maximum atomic E-state index is 9.92. The Morgan fingerprint density at radius 2 is 1.95 bits per heavy atom. The number of rotatable bonds is 9. The molecule has 19 heavy (non-hydrogen) atoms. The molecule has 1 rings (SSSR count). The third kappa shape index (κ3) is 4.32. The molecular formula is C15H28N2O2. The SMILES string of the molecule is CCCCOCCn1nc(CC)c(C(C)O)c1CC. The summed E-state index contributed by atoms with van der Waals surface area (Å²) >= 11 is 0. The minimum absolute atomic E-state index is 0.445. The number of aliphatic hydroxyl groups is 1. The monoisotopic (exact) mass is 268 g/mol. The molecule has 1 heterocycles. The van der Waals surface area contributed by atoms with Gasteiger partial charge in [0, 0.05) is 17.9 Å². The summed E-state index contributed by atoms with van der Waals surface area (Å²) in [5.74, 6) is 0. The Hall–Kier alpha value is -0.870. The highest BCUT2D eigenvalue weighted by atomic mass is 16.5. The second kappa shape index (κ2) is 8.33. The summed E-state index contributed by atoms with van der Waals surface area (Å²) in [6, 6.07) is 0. The highest BCUT2D eigenvalue weighted by Gasteiger charge is 2.18. The van der Waals surface area contributed by atoms with Crippen molar-refractivity contribution >= 4 is 0 Å². The van der Waals surface area contributed by atoms with Gasteiger partial charge in [-0.25, -0.2) is 0 Å². The topological polar surface area (TPSA) is 47.3 Å². The summed E-state index contributed by atoms with van der Waals surface area (Å²) in [5, 5.41) is 14.5. The van der Waals surface area contributed by atoms with Crippen LogP contribution in [0.25, 0.3) is 0 Å². The molecule has 0 aliphatic heterocycles. The number of nitrogens with zero attached hydrogens (tertiary/aromatic N) is 2. The predicted octanol–water partition coefficient (Wildman–Crippen LogP) is 2.88. The van der Waals surface area contributed by atoms with Crippen molar-refractivity contribution in [2.24, 2.45) is 0 Å². The Bertz CT molecular complexity index is 372. The van der Waals surface area contributed by atoms with Crippen LogP contribution in [0.3, 0.4) is 0 Å². The lowest BCUT2D eigenvalue weighted by molar-refractivity contribution is 0.120. The van der Waals surface area contributed by atoms with Crippen molar-refractivity contribution in [3.05, 3.63) is 17.0 Å². The zero-order chi connectivity index (χ0) is 14.3. The molecule has 0 aliphatic rings. The molecule has 4 nitrogen and oxygen atoms in total. The molecule has 4 heteroatoms. The highest BCUT2D eigenvalue weighted by molar-refractivity contribution is 5.28. The maximum Gasteiger partial charge on any atom is 0.0798 e. The summed E-state index contributed by atoms with van der Waals surface area (Å²) < 4.78 is 7.60. The lowest BCUT2D eigenvalue weighted by Gasteiger charge is -2.10. The van der Waals surface area contributed by atoms with E-state index in [4.69, 9.17) is 4.74 Å². The molecule has 0 saturated carbocycles. The van der Waals surface area contributed by atoms with Crippen LogP contribution < -0.4 is 0 Å². The molecule has 0 radical (unpaired) electrons. The van der Waals surface area contributed by atoms with Gasteiger partial charge in [-0.2, -0.15) is 5.10 Å². The fraction of sp³-hybridized carbons (Fsp3) is 0.800. The second-order valence-electron chi connectivity index (χ2n) is 4.88. The zero-order valence-corrected chi connectivity index (χ0v) is 12.8. The van der Waals surface area contributed by atoms with E-state index >= 15 is 0 Å². The Morgan fingerprint density at radius 3 is 2.47 bits per heavy atom. The average Bonchev–Trinajstić information content (AvgIpc) is 2.76. The van der Waals surface area contributed by atoms with Crippen LogP contribution in [0.1, 0.15) is 63.6 Å².